The molecule has 2 amide bonds. The summed E-state index contributed by atoms with van der Waals surface area (Å²) in [6, 6.07) is 32.4. The summed E-state index contributed by atoms with van der Waals surface area (Å²) in [6.45, 7) is 2.55. The van der Waals surface area contributed by atoms with Gasteiger partial charge in [0.2, 0.25) is 11.8 Å². The Morgan fingerprint density at radius 1 is 0.912 bits per heavy atom. The maximum atomic E-state index is 13.6. The fourth-order valence-corrected chi connectivity index (χ4v) is 7.26. The Labute approximate surface area is 347 Å². The molecule has 0 saturated carbocycles. The van der Waals surface area contributed by atoms with Crippen LogP contribution in [0.5, 0.6) is 11.5 Å². The van der Waals surface area contributed by atoms with Crippen LogP contribution in [0, 0.1) is 11.3 Å². The van der Waals surface area contributed by atoms with E-state index >= 15 is 0 Å². The lowest BCUT2D eigenvalue weighted by Crippen LogP contribution is -2.53. The van der Waals surface area contributed by atoms with Crippen LogP contribution in [0.1, 0.15) is 46.4 Å². The van der Waals surface area contributed by atoms with Crippen molar-refractivity contribution in [3.05, 3.63) is 147 Å². The molecule has 292 valence electrons. The Morgan fingerprint density at radius 3 is 2.25 bits per heavy atom. The first-order valence-corrected chi connectivity index (χ1v) is 18.8. The molecule has 0 radical (unpaired) electrons. The maximum Gasteiger partial charge on any atom is 0.328 e. The van der Waals surface area contributed by atoms with Gasteiger partial charge in [0, 0.05) is 19.9 Å². The number of benzene rings is 5. The van der Waals surface area contributed by atoms with E-state index in [0.717, 1.165) is 38.9 Å². The Bertz CT molecular complexity index is 2310. The summed E-state index contributed by atoms with van der Waals surface area (Å²) in [5.74, 6) is 0.244. The molecule has 0 fully saturated rings. The molecule has 1 unspecified atom stereocenters. The lowest BCUT2D eigenvalue weighted by atomic mass is 9.93. The molecule has 0 bridgehead atoms. The number of carbonyl (C=O) groups excluding carboxylic acids is 3. The third kappa shape index (κ3) is 9.53. The summed E-state index contributed by atoms with van der Waals surface area (Å²) in [4.78, 5) is 41.2. The SMILES string of the molecule is COC(=O)[C@H](Cc1ccc(-c2ccc(C#N)cc2)cc1)NC(=O)C1Cc2cc3c(cc2CN1)O[C@@H](c1ccc(OCc2ccc(Cl)c(Cl)c2)cc1)CN3C(C)=O.Cl. The molecule has 57 heavy (non-hydrogen) atoms. The van der Waals surface area contributed by atoms with Crippen LogP contribution in [0.25, 0.3) is 11.1 Å². The Kier molecular flexibility index (Phi) is 13.1. The average molecular weight is 826 g/mol. The van der Waals surface area contributed by atoms with Gasteiger partial charge >= 0.3 is 5.97 Å². The number of methoxy groups -OCH3 is 1. The van der Waals surface area contributed by atoms with Crippen molar-refractivity contribution in [3.8, 4) is 28.7 Å². The molecule has 5 aromatic rings. The lowest BCUT2D eigenvalue weighted by Gasteiger charge is -2.36. The van der Waals surface area contributed by atoms with E-state index in [1.165, 1.54) is 14.0 Å². The van der Waals surface area contributed by atoms with Gasteiger partial charge in [-0.25, -0.2) is 4.79 Å². The number of nitrogens with zero attached hydrogens (tertiary/aromatic N) is 2. The van der Waals surface area contributed by atoms with Gasteiger partial charge in [0.25, 0.3) is 0 Å². The second kappa shape index (κ2) is 18.1. The molecule has 0 spiro atoms. The molecule has 13 heteroatoms. The fraction of sp³-hybridized carbons (Fsp3) is 0.227. The number of hydrogen-bond acceptors (Lipinski definition) is 8. The van der Waals surface area contributed by atoms with Gasteiger partial charge in [0.15, 0.2) is 0 Å². The molecule has 0 aliphatic carbocycles. The number of halogens is 3. The van der Waals surface area contributed by atoms with E-state index in [2.05, 4.69) is 16.7 Å². The van der Waals surface area contributed by atoms with Gasteiger partial charge in [-0.3, -0.25) is 9.59 Å². The van der Waals surface area contributed by atoms with Crippen molar-refractivity contribution >= 4 is 59.1 Å². The number of amides is 2. The number of anilines is 1. The van der Waals surface area contributed by atoms with Crippen LogP contribution >= 0.6 is 35.6 Å². The van der Waals surface area contributed by atoms with E-state index in [-0.39, 0.29) is 30.6 Å². The van der Waals surface area contributed by atoms with Crippen LogP contribution in [0.2, 0.25) is 10.0 Å². The van der Waals surface area contributed by atoms with Gasteiger partial charge in [-0.1, -0.05) is 77.8 Å². The summed E-state index contributed by atoms with van der Waals surface area (Å²) in [7, 11) is 1.30. The predicted octanol–water partition coefficient (Wildman–Crippen LogP) is 7.93. The van der Waals surface area contributed by atoms with Crippen molar-refractivity contribution in [3.63, 3.8) is 0 Å². The largest absolute Gasteiger partial charge is 0.489 e. The molecule has 10 nitrogen and oxygen atoms in total. The fourth-order valence-electron chi connectivity index (χ4n) is 6.94. The highest BCUT2D eigenvalue weighted by molar-refractivity contribution is 6.42. The molecule has 2 aliphatic heterocycles. The minimum Gasteiger partial charge on any atom is -0.489 e. The number of hydrogen-bond donors (Lipinski definition) is 2. The number of rotatable bonds is 10. The summed E-state index contributed by atoms with van der Waals surface area (Å²) >= 11 is 12.2. The molecule has 5 aromatic carbocycles. The van der Waals surface area contributed by atoms with Crippen molar-refractivity contribution in [2.45, 2.75) is 51.1 Å². The maximum absolute atomic E-state index is 13.6. The first kappa shape index (κ1) is 41.1. The topological polar surface area (TPSA) is 130 Å². The molecule has 2 N–H and O–H groups in total. The highest BCUT2D eigenvalue weighted by Crippen LogP contribution is 2.41. The summed E-state index contributed by atoms with van der Waals surface area (Å²) in [6.07, 6.45) is 0.176. The number of esters is 1. The molecular formula is C44H39Cl3N4O6. The standard InChI is InChI=1S/C44H38Cl2N4O6.ClH/c1-26(51)50-24-42(32-12-14-35(15-13-32)55-25-29-7-16-36(45)37(46)17-29)56-41-21-34-23-48-38(19-33(34)20-40(41)50)43(52)49-39(44(53)54-2)18-27-3-8-30(9-4-27)31-10-5-28(22-47)6-11-31;/h3-17,20-21,38-39,42,48H,18-19,23-25H2,1-2H3,(H,49,52);1H/t38?,39-,42+;/m0./s1. The van der Waals surface area contributed by atoms with E-state index in [9.17, 15) is 14.4 Å². The zero-order valence-electron chi connectivity index (χ0n) is 31.1. The van der Waals surface area contributed by atoms with Crippen LogP contribution < -0.4 is 25.0 Å². The van der Waals surface area contributed by atoms with E-state index in [1.54, 1.807) is 29.2 Å². The van der Waals surface area contributed by atoms with Crippen molar-refractivity contribution in [2.24, 2.45) is 0 Å². The third-order valence-electron chi connectivity index (χ3n) is 10.0. The average Bonchev–Trinajstić information content (AvgIpc) is 3.22. The Balaban J connectivity index is 0.00000549. The summed E-state index contributed by atoms with van der Waals surface area (Å²) < 4.78 is 17.5. The summed E-state index contributed by atoms with van der Waals surface area (Å²) in [5.41, 5.74) is 7.65. The predicted molar refractivity (Wildman–Crippen MR) is 221 cm³/mol. The van der Waals surface area contributed by atoms with Crippen LogP contribution in [0.15, 0.2) is 103 Å². The molecule has 7 rings (SSSR count). The number of ether oxygens (including phenoxy) is 3. The summed E-state index contributed by atoms with van der Waals surface area (Å²) in [5, 5.41) is 16.2. The van der Waals surface area contributed by atoms with Crippen LogP contribution in [-0.4, -0.2) is 43.5 Å². The second-order valence-electron chi connectivity index (χ2n) is 13.7. The molecule has 0 aromatic heterocycles. The number of fused-ring (bicyclic) bond motifs is 2. The minimum absolute atomic E-state index is 0. The van der Waals surface area contributed by atoms with Gasteiger partial charge in [-0.05, 0) is 93.9 Å². The molecule has 2 heterocycles. The number of nitrogens with one attached hydrogen (secondary N) is 2. The highest BCUT2D eigenvalue weighted by Gasteiger charge is 2.34. The van der Waals surface area contributed by atoms with Gasteiger partial charge in [0.05, 0.1) is 47.1 Å². The van der Waals surface area contributed by atoms with Crippen LogP contribution in [0.4, 0.5) is 5.69 Å². The van der Waals surface area contributed by atoms with E-state index < -0.39 is 24.2 Å². The van der Waals surface area contributed by atoms with Gasteiger partial charge in [-0.15, -0.1) is 12.4 Å². The molecule has 3 atom stereocenters. The van der Waals surface area contributed by atoms with E-state index in [1.807, 2.05) is 78.9 Å². The first-order chi connectivity index (χ1) is 27.1. The number of carbonyl (C=O) groups is 3. The molecule has 0 saturated heterocycles. The first-order valence-electron chi connectivity index (χ1n) is 18.1. The van der Waals surface area contributed by atoms with E-state index in [4.69, 9.17) is 42.7 Å². The lowest BCUT2D eigenvalue weighted by molar-refractivity contribution is -0.145. The zero-order valence-corrected chi connectivity index (χ0v) is 33.4. The number of nitriles is 1. The minimum atomic E-state index is -0.901. The van der Waals surface area contributed by atoms with Gasteiger partial charge < -0.3 is 29.7 Å². The highest BCUT2D eigenvalue weighted by atomic mass is 35.5. The normalized spacial score (nSPS) is 16.0. The zero-order chi connectivity index (χ0) is 39.3. The Morgan fingerprint density at radius 2 is 1.60 bits per heavy atom. The van der Waals surface area contributed by atoms with Crippen molar-refractivity contribution in [2.75, 3.05) is 18.6 Å². The molecular weight excluding hydrogens is 787 g/mol. The van der Waals surface area contributed by atoms with Crippen molar-refractivity contribution in [1.82, 2.24) is 10.6 Å². The van der Waals surface area contributed by atoms with Crippen molar-refractivity contribution < 1.29 is 28.6 Å². The third-order valence-corrected chi connectivity index (χ3v) is 10.8. The molecule has 2 aliphatic rings. The van der Waals surface area contributed by atoms with Gasteiger partial charge in [-0.2, -0.15) is 5.26 Å². The van der Waals surface area contributed by atoms with Gasteiger partial charge in [0.1, 0.15) is 30.3 Å². The second-order valence-corrected chi connectivity index (χ2v) is 14.6. The van der Waals surface area contributed by atoms with Crippen molar-refractivity contribution in [1.29, 1.82) is 5.26 Å². The smallest absolute Gasteiger partial charge is 0.328 e. The van der Waals surface area contributed by atoms with Crippen LogP contribution in [-0.2, 0) is 45.1 Å². The van der Waals surface area contributed by atoms with Crippen LogP contribution in [0.3, 0.4) is 0 Å². The van der Waals surface area contributed by atoms with E-state index in [0.29, 0.717) is 58.9 Å². The monoisotopic (exact) mass is 824 g/mol. The Hall–Kier alpha value is -5.57. The quantitative estimate of drug-likeness (QED) is 0.136.